The summed E-state index contributed by atoms with van der Waals surface area (Å²) in [6.45, 7) is 2.84. The van der Waals surface area contributed by atoms with Crippen molar-refractivity contribution >= 4 is 28.6 Å². The van der Waals surface area contributed by atoms with Crippen LogP contribution in [0.4, 0.5) is 5.69 Å². The molecule has 1 heterocycles. The Bertz CT molecular complexity index is 586. The van der Waals surface area contributed by atoms with Crippen LogP contribution >= 0.6 is 22.9 Å². The first-order chi connectivity index (χ1) is 8.70. The summed E-state index contributed by atoms with van der Waals surface area (Å²) in [6, 6.07) is 7.41. The zero-order valence-corrected chi connectivity index (χ0v) is 11.5. The lowest BCUT2D eigenvalue weighted by Crippen LogP contribution is -2.04. The number of hydrogen-bond donors (Lipinski definition) is 1. The Morgan fingerprint density at radius 2 is 2.33 bits per heavy atom. The molecule has 1 aromatic carbocycles. The number of aromatic nitrogens is 1. The Morgan fingerprint density at radius 1 is 1.50 bits per heavy atom. The average molecular weight is 278 g/mol. The van der Waals surface area contributed by atoms with Crippen molar-refractivity contribution in [2.75, 3.05) is 11.9 Å². The lowest BCUT2D eigenvalue weighted by molar-refractivity contribution is 1.02. The van der Waals surface area contributed by atoms with E-state index in [1.807, 2.05) is 24.6 Å². The van der Waals surface area contributed by atoms with Crippen molar-refractivity contribution < 1.29 is 0 Å². The molecule has 0 saturated heterocycles. The van der Waals surface area contributed by atoms with Crippen LogP contribution in [-0.2, 0) is 6.42 Å². The second-order valence-corrected chi connectivity index (χ2v) is 5.19. The number of halogens is 1. The second kappa shape index (κ2) is 5.85. The Morgan fingerprint density at radius 3 is 2.94 bits per heavy atom. The third-order valence-corrected chi connectivity index (χ3v) is 3.92. The molecule has 0 spiro atoms. The van der Waals surface area contributed by atoms with Crippen LogP contribution in [0.15, 0.2) is 23.7 Å². The van der Waals surface area contributed by atoms with E-state index in [1.165, 1.54) is 4.88 Å². The van der Waals surface area contributed by atoms with Gasteiger partial charge in [-0.05, 0) is 25.1 Å². The molecule has 3 nitrogen and oxygen atoms in total. The zero-order chi connectivity index (χ0) is 13.0. The number of benzene rings is 1. The van der Waals surface area contributed by atoms with E-state index in [9.17, 15) is 0 Å². The summed E-state index contributed by atoms with van der Waals surface area (Å²) in [4.78, 5) is 5.51. The van der Waals surface area contributed by atoms with E-state index < -0.39 is 0 Å². The van der Waals surface area contributed by atoms with Gasteiger partial charge in [-0.3, -0.25) is 0 Å². The molecule has 0 atom stereocenters. The summed E-state index contributed by atoms with van der Waals surface area (Å²) < 4.78 is 0. The van der Waals surface area contributed by atoms with Gasteiger partial charge in [0.15, 0.2) is 0 Å². The van der Waals surface area contributed by atoms with Crippen molar-refractivity contribution in [1.82, 2.24) is 4.98 Å². The smallest absolute Gasteiger partial charge is 0.101 e. The molecule has 0 fully saturated rings. The first-order valence-corrected chi connectivity index (χ1v) is 6.79. The highest BCUT2D eigenvalue weighted by Gasteiger charge is 2.03. The van der Waals surface area contributed by atoms with Crippen LogP contribution in [0.2, 0.25) is 5.02 Å². The molecule has 2 rings (SSSR count). The third-order valence-electron chi connectivity index (χ3n) is 2.62. The predicted octanol–water partition coefficient (Wildman–Crippen LogP) is 3.63. The van der Waals surface area contributed by atoms with Crippen LogP contribution in [0.5, 0.6) is 0 Å². The second-order valence-electron chi connectivity index (χ2n) is 3.84. The fourth-order valence-corrected chi connectivity index (χ4v) is 2.61. The molecule has 0 aliphatic heterocycles. The van der Waals surface area contributed by atoms with E-state index in [4.69, 9.17) is 16.9 Å². The molecule has 1 N–H and O–H groups in total. The van der Waals surface area contributed by atoms with Gasteiger partial charge in [0.25, 0.3) is 0 Å². The molecule has 0 bridgehead atoms. The standard InChI is InChI=1S/C13H12ClN3S/c1-9-13(18-8-17-9)4-5-16-11-3-2-10(7-15)12(14)6-11/h2-3,6,8,16H,4-5H2,1H3. The summed E-state index contributed by atoms with van der Waals surface area (Å²) in [6.07, 6.45) is 0.939. The molecule has 0 radical (unpaired) electrons. The van der Waals surface area contributed by atoms with Gasteiger partial charge in [0.1, 0.15) is 6.07 Å². The van der Waals surface area contributed by atoms with Crippen molar-refractivity contribution in [1.29, 1.82) is 5.26 Å². The van der Waals surface area contributed by atoms with Crippen LogP contribution in [0, 0.1) is 18.3 Å². The summed E-state index contributed by atoms with van der Waals surface area (Å²) >= 11 is 7.64. The fraction of sp³-hybridized carbons (Fsp3) is 0.231. The summed E-state index contributed by atoms with van der Waals surface area (Å²) in [5.74, 6) is 0. The molecule has 0 saturated carbocycles. The Balaban J connectivity index is 1.93. The largest absolute Gasteiger partial charge is 0.385 e. The molecule has 1 aromatic heterocycles. The highest BCUT2D eigenvalue weighted by atomic mass is 35.5. The monoisotopic (exact) mass is 277 g/mol. The number of aryl methyl sites for hydroxylation is 1. The zero-order valence-electron chi connectivity index (χ0n) is 9.90. The van der Waals surface area contributed by atoms with E-state index >= 15 is 0 Å². The van der Waals surface area contributed by atoms with Crippen LogP contribution in [-0.4, -0.2) is 11.5 Å². The molecule has 0 amide bonds. The molecule has 0 aliphatic carbocycles. The van der Waals surface area contributed by atoms with Gasteiger partial charge in [0.2, 0.25) is 0 Å². The minimum absolute atomic E-state index is 0.483. The van der Waals surface area contributed by atoms with Crippen LogP contribution in [0.25, 0.3) is 0 Å². The molecular weight excluding hydrogens is 266 g/mol. The molecule has 0 unspecified atom stereocenters. The first-order valence-electron chi connectivity index (χ1n) is 5.53. The lowest BCUT2D eigenvalue weighted by Gasteiger charge is -2.06. The van der Waals surface area contributed by atoms with Crippen molar-refractivity contribution in [3.8, 4) is 6.07 Å². The number of nitrogens with zero attached hydrogens (tertiary/aromatic N) is 2. The predicted molar refractivity (Wildman–Crippen MR) is 75.2 cm³/mol. The Hall–Kier alpha value is -1.57. The lowest BCUT2D eigenvalue weighted by atomic mass is 10.2. The Kier molecular flexibility index (Phi) is 4.19. The maximum atomic E-state index is 8.78. The number of rotatable bonds is 4. The van der Waals surface area contributed by atoms with Gasteiger partial charge in [-0.15, -0.1) is 11.3 Å². The van der Waals surface area contributed by atoms with Gasteiger partial charge in [-0.1, -0.05) is 11.6 Å². The molecule has 18 heavy (non-hydrogen) atoms. The topological polar surface area (TPSA) is 48.7 Å². The highest BCUT2D eigenvalue weighted by Crippen LogP contribution is 2.20. The van der Waals surface area contributed by atoms with Crippen LogP contribution in [0.1, 0.15) is 16.1 Å². The number of anilines is 1. The van der Waals surface area contributed by atoms with Crippen LogP contribution < -0.4 is 5.32 Å². The van der Waals surface area contributed by atoms with E-state index in [2.05, 4.69) is 10.3 Å². The van der Waals surface area contributed by atoms with Crippen molar-refractivity contribution in [2.45, 2.75) is 13.3 Å². The van der Waals surface area contributed by atoms with E-state index in [0.29, 0.717) is 10.6 Å². The number of nitrogens with one attached hydrogen (secondary N) is 1. The third kappa shape index (κ3) is 3.00. The minimum atomic E-state index is 0.483. The minimum Gasteiger partial charge on any atom is -0.385 e. The van der Waals surface area contributed by atoms with E-state index in [1.54, 1.807) is 23.5 Å². The highest BCUT2D eigenvalue weighted by molar-refractivity contribution is 7.09. The average Bonchev–Trinajstić information content (AvgIpc) is 2.75. The summed E-state index contributed by atoms with van der Waals surface area (Å²) in [7, 11) is 0. The van der Waals surface area contributed by atoms with E-state index in [-0.39, 0.29) is 0 Å². The first kappa shape index (κ1) is 12.9. The van der Waals surface area contributed by atoms with Crippen LogP contribution in [0.3, 0.4) is 0 Å². The summed E-state index contributed by atoms with van der Waals surface area (Å²) in [5.41, 5.74) is 4.39. The SMILES string of the molecule is Cc1ncsc1CCNc1ccc(C#N)c(Cl)c1. The van der Waals surface area contributed by atoms with E-state index in [0.717, 1.165) is 24.3 Å². The number of nitriles is 1. The molecule has 0 aliphatic rings. The van der Waals surface area contributed by atoms with Crippen molar-refractivity contribution in [2.24, 2.45) is 0 Å². The summed E-state index contributed by atoms with van der Waals surface area (Å²) in [5, 5.41) is 12.6. The maximum Gasteiger partial charge on any atom is 0.101 e. The molecule has 92 valence electrons. The number of hydrogen-bond acceptors (Lipinski definition) is 4. The van der Waals surface area contributed by atoms with Crippen molar-refractivity contribution in [3.63, 3.8) is 0 Å². The number of thiazole rings is 1. The quantitative estimate of drug-likeness (QED) is 0.928. The fourth-order valence-electron chi connectivity index (χ4n) is 1.60. The molecule has 2 aromatic rings. The maximum absolute atomic E-state index is 8.78. The van der Waals surface area contributed by atoms with Gasteiger partial charge >= 0.3 is 0 Å². The van der Waals surface area contributed by atoms with Gasteiger partial charge in [-0.25, -0.2) is 4.98 Å². The van der Waals surface area contributed by atoms with Gasteiger partial charge < -0.3 is 5.32 Å². The Labute approximate surface area is 115 Å². The van der Waals surface area contributed by atoms with Gasteiger partial charge in [0, 0.05) is 23.5 Å². The van der Waals surface area contributed by atoms with Gasteiger partial charge in [-0.2, -0.15) is 5.26 Å². The van der Waals surface area contributed by atoms with Gasteiger partial charge in [0.05, 0.1) is 21.8 Å². The molecular formula is C13H12ClN3S. The normalized spacial score (nSPS) is 10.1. The van der Waals surface area contributed by atoms with Crippen molar-refractivity contribution in [3.05, 3.63) is 44.9 Å². The molecule has 5 heteroatoms.